The van der Waals surface area contributed by atoms with Crippen molar-refractivity contribution in [2.24, 2.45) is 11.8 Å². The minimum Gasteiger partial charge on any atom is -0.444 e. The van der Waals surface area contributed by atoms with Crippen LogP contribution >= 0.6 is 0 Å². The van der Waals surface area contributed by atoms with Gasteiger partial charge in [-0.1, -0.05) is 19.9 Å². The predicted octanol–water partition coefficient (Wildman–Crippen LogP) is 2.71. The number of hydrogen-bond donors (Lipinski definition) is 3. The maximum Gasteiger partial charge on any atom is 0.407 e. The molecule has 0 bridgehead atoms. The molecule has 0 fully saturated rings. The van der Waals surface area contributed by atoms with E-state index in [-0.39, 0.29) is 17.9 Å². The molecule has 134 valence electrons. The molecule has 0 aliphatic carbocycles. The van der Waals surface area contributed by atoms with Gasteiger partial charge in [0.1, 0.15) is 11.4 Å². The van der Waals surface area contributed by atoms with Crippen LogP contribution in [0.5, 0.6) is 0 Å². The number of anilines is 1. The lowest BCUT2D eigenvalue weighted by Gasteiger charge is -2.28. The summed E-state index contributed by atoms with van der Waals surface area (Å²) >= 11 is 0. The number of carbonyl (C=O) groups excluding carboxylic acids is 2. The Balaban J connectivity index is 2.64. The molecule has 0 spiro atoms. The minimum absolute atomic E-state index is 0.0282. The fourth-order valence-corrected chi connectivity index (χ4v) is 2.34. The van der Waals surface area contributed by atoms with Crippen molar-refractivity contribution < 1.29 is 14.3 Å². The molecule has 24 heavy (non-hydrogen) atoms. The smallest absolute Gasteiger partial charge is 0.407 e. The second-order valence-corrected chi connectivity index (χ2v) is 7.03. The molecule has 1 aromatic rings. The van der Waals surface area contributed by atoms with Gasteiger partial charge in [-0.05, 0) is 45.7 Å². The van der Waals surface area contributed by atoms with Crippen molar-refractivity contribution in [2.45, 2.75) is 53.2 Å². The van der Waals surface area contributed by atoms with E-state index < -0.39 is 17.6 Å². The lowest BCUT2D eigenvalue weighted by Crippen LogP contribution is -2.49. The van der Waals surface area contributed by atoms with Crippen LogP contribution in [-0.2, 0) is 9.53 Å². The van der Waals surface area contributed by atoms with E-state index in [0.29, 0.717) is 5.82 Å². The van der Waals surface area contributed by atoms with Crippen molar-refractivity contribution >= 4 is 17.8 Å². The molecule has 1 aromatic heterocycles. The second kappa shape index (κ2) is 8.52. The van der Waals surface area contributed by atoms with Crippen LogP contribution in [0.4, 0.5) is 10.6 Å². The Morgan fingerprint density at radius 2 is 1.83 bits per heavy atom. The summed E-state index contributed by atoms with van der Waals surface area (Å²) in [7, 11) is 0. The number of ether oxygens (including phenoxy) is 1. The van der Waals surface area contributed by atoms with Crippen molar-refractivity contribution in [2.75, 3.05) is 5.43 Å². The average molecular weight is 336 g/mol. The van der Waals surface area contributed by atoms with Crippen LogP contribution in [0, 0.1) is 11.8 Å². The molecule has 0 aromatic carbocycles. The monoisotopic (exact) mass is 336 g/mol. The van der Waals surface area contributed by atoms with Crippen LogP contribution in [0.2, 0.25) is 0 Å². The summed E-state index contributed by atoms with van der Waals surface area (Å²) in [6, 6.07) is 4.96. The Kier molecular flexibility index (Phi) is 7.00. The molecule has 1 heterocycles. The number of aromatic nitrogens is 1. The van der Waals surface area contributed by atoms with Crippen LogP contribution < -0.4 is 16.2 Å². The summed E-state index contributed by atoms with van der Waals surface area (Å²) in [6.07, 6.45) is 1.09. The number of alkyl carbamates (subject to hydrolysis) is 1. The molecule has 3 N–H and O–H groups in total. The Labute approximate surface area is 143 Å². The highest BCUT2D eigenvalue weighted by molar-refractivity contribution is 5.81. The van der Waals surface area contributed by atoms with Gasteiger partial charge in [0.2, 0.25) is 5.91 Å². The average Bonchev–Trinajstić information content (AvgIpc) is 2.43. The first-order valence-corrected chi connectivity index (χ1v) is 8.06. The van der Waals surface area contributed by atoms with E-state index in [2.05, 4.69) is 21.2 Å². The van der Waals surface area contributed by atoms with Gasteiger partial charge in [0.05, 0.1) is 5.92 Å². The molecule has 0 saturated carbocycles. The molecule has 0 unspecified atom stereocenters. The molecular weight excluding hydrogens is 308 g/mol. The van der Waals surface area contributed by atoms with Crippen LogP contribution in [0.1, 0.15) is 41.5 Å². The molecule has 7 nitrogen and oxygen atoms in total. The predicted molar refractivity (Wildman–Crippen MR) is 93.2 cm³/mol. The second-order valence-electron chi connectivity index (χ2n) is 7.03. The molecule has 0 aliphatic heterocycles. The molecule has 2 atom stereocenters. The minimum atomic E-state index is -0.583. The summed E-state index contributed by atoms with van der Waals surface area (Å²) in [5, 5.41) is 2.73. The number of carbonyl (C=O) groups is 2. The summed E-state index contributed by atoms with van der Waals surface area (Å²) in [5.74, 6) is -0.0745. The van der Waals surface area contributed by atoms with Crippen LogP contribution in [0.25, 0.3) is 0 Å². The number of rotatable bonds is 6. The van der Waals surface area contributed by atoms with Crippen molar-refractivity contribution in [3.05, 3.63) is 24.4 Å². The van der Waals surface area contributed by atoms with Crippen LogP contribution in [0.15, 0.2) is 24.4 Å². The molecule has 2 amide bonds. The lowest BCUT2D eigenvalue weighted by molar-refractivity contribution is -0.126. The zero-order valence-corrected chi connectivity index (χ0v) is 15.2. The number of hydrogen-bond acceptors (Lipinski definition) is 5. The van der Waals surface area contributed by atoms with E-state index in [1.165, 1.54) is 0 Å². The molecule has 0 radical (unpaired) electrons. The van der Waals surface area contributed by atoms with E-state index in [4.69, 9.17) is 4.74 Å². The highest BCUT2D eigenvalue weighted by atomic mass is 16.6. The highest BCUT2D eigenvalue weighted by Crippen LogP contribution is 2.17. The van der Waals surface area contributed by atoms with E-state index in [9.17, 15) is 9.59 Å². The topological polar surface area (TPSA) is 92.4 Å². The number of amides is 2. The Hall–Kier alpha value is -2.31. The maximum atomic E-state index is 12.5. The van der Waals surface area contributed by atoms with Gasteiger partial charge in [-0.25, -0.2) is 9.78 Å². The Bertz CT molecular complexity index is 541. The summed E-state index contributed by atoms with van der Waals surface area (Å²) < 4.78 is 5.24. The standard InChI is InChI=1S/C17H28N4O3/c1-11(2)14(12(3)19-16(23)24-17(4,5)6)15(22)21-20-13-9-7-8-10-18-13/h7-12,14H,1-6H3,(H,18,20)(H,19,23)(H,21,22)/t12-,14+/m1/s1. The zero-order valence-electron chi connectivity index (χ0n) is 15.2. The van der Waals surface area contributed by atoms with E-state index >= 15 is 0 Å². The molecule has 1 rings (SSSR count). The Morgan fingerprint density at radius 1 is 1.17 bits per heavy atom. The van der Waals surface area contributed by atoms with E-state index in [1.807, 2.05) is 19.9 Å². The maximum absolute atomic E-state index is 12.5. The van der Waals surface area contributed by atoms with Crippen molar-refractivity contribution in [3.8, 4) is 0 Å². The van der Waals surface area contributed by atoms with Crippen molar-refractivity contribution in [1.29, 1.82) is 0 Å². The third-order valence-electron chi connectivity index (χ3n) is 3.28. The number of nitrogens with one attached hydrogen (secondary N) is 3. The van der Waals surface area contributed by atoms with Gasteiger partial charge in [0.25, 0.3) is 0 Å². The Morgan fingerprint density at radius 3 is 2.33 bits per heavy atom. The summed E-state index contributed by atoms with van der Waals surface area (Å²) in [5.41, 5.74) is 4.83. The fraction of sp³-hybridized carbons (Fsp3) is 0.588. The molecule has 0 aliphatic rings. The van der Waals surface area contributed by atoms with Gasteiger partial charge in [0, 0.05) is 12.2 Å². The largest absolute Gasteiger partial charge is 0.444 e. The van der Waals surface area contributed by atoms with Gasteiger partial charge in [0.15, 0.2) is 0 Å². The SMILES string of the molecule is CC(C)[C@H](C(=O)NNc1ccccn1)[C@@H](C)NC(=O)OC(C)(C)C. The van der Waals surface area contributed by atoms with Crippen LogP contribution in [0.3, 0.4) is 0 Å². The van der Waals surface area contributed by atoms with Crippen LogP contribution in [-0.4, -0.2) is 28.6 Å². The van der Waals surface area contributed by atoms with Gasteiger partial charge in [-0.3, -0.25) is 15.6 Å². The molecular formula is C17H28N4O3. The number of pyridine rings is 1. The van der Waals surface area contributed by atoms with E-state index in [1.54, 1.807) is 46.0 Å². The fourth-order valence-electron chi connectivity index (χ4n) is 2.34. The van der Waals surface area contributed by atoms with Gasteiger partial charge in [-0.15, -0.1) is 0 Å². The van der Waals surface area contributed by atoms with Crippen molar-refractivity contribution in [3.63, 3.8) is 0 Å². The zero-order chi connectivity index (χ0) is 18.3. The number of nitrogens with zero attached hydrogens (tertiary/aromatic N) is 1. The van der Waals surface area contributed by atoms with Gasteiger partial charge in [-0.2, -0.15) is 0 Å². The highest BCUT2D eigenvalue weighted by Gasteiger charge is 2.30. The first kappa shape index (κ1) is 19.7. The normalized spacial score (nSPS) is 13.8. The summed E-state index contributed by atoms with van der Waals surface area (Å²) in [6.45, 7) is 11.0. The number of hydrazine groups is 1. The molecule has 0 saturated heterocycles. The van der Waals surface area contributed by atoms with E-state index in [0.717, 1.165) is 0 Å². The summed E-state index contributed by atoms with van der Waals surface area (Å²) in [4.78, 5) is 28.5. The first-order valence-electron chi connectivity index (χ1n) is 8.06. The molecule has 7 heteroatoms. The van der Waals surface area contributed by atoms with Gasteiger partial charge < -0.3 is 10.1 Å². The van der Waals surface area contributed by atoms with Gasteiger partial charge >= 0.3 is 6.09 Å². The quantitative estimate of drug-likeness (QED) is 0.695. The van der Waals surface area contributed by atoms with Crippen molar-refractivity contribution in [1.82, 2.24) is 15.7 Å². The third-order valence-corrected chi connectivity index (χ3v) is 3.28. The first-order chi connectivity index (χ1) is 11.1. The third kappa shape index (κ3) is 6.85. The lowest BCUT2D eigenvalue weighted by atomic mass is 9.88.